The van der Waals surface area contributed by atoms with Gasteiger partial charge in [-0.1, -0.05) is 18.2 Å². The van der Waals surface area contributed by atoms with E-state index in [1.54, 1.807) is 0 Å². The zero-order chi connectivity index (χ0) is 30.6. The molecule has 7 nitrogen and oxygen atoms in total. The number of alkyl halides is 8. The molecule has 0 unspecified atom stereocenters. The average Bonchev–Trinajstić information content (AvgIpc) is 3.34. The molecule has 1 saturated heterocycles. The third kappa shape index (κ3) is 6.07. The van der Waals surface area contributed by atoms with Crippen molar-refractivity contribution in [2.45, 2.75) is 69.6 Å². The van der Waals surface area contributed by atoms with Gasteiger partial charge in [0.2, 0.25) is 0 Å². The van der Waals surface area contributed by atoms with E-state index in [1.807, 2.05) is 0 Å². The first kappa shape index (κ1) is 31.7. The Morgan fingerprint density at radius 1 is 1.12 bits per heavy atom. The Labute approximate surface area is 226 Å². The molecule has 222 valence electrons. The number of nitrogens with one attached hydrogen (secondary N) is 1. The van der Waals surface area contributed by atoms with Crippen LogP contribution < -0.4 is 5.32 Å². The summed E-state index contributed by atoms with van der Waals surface area (Å²) in [6.45, 7) is 4.03. The van der Waals surface area contributed by atoms with Crippen LogP contribution in [0.3, 0.4) is 0 Å². The summed E-state index contributed by atoms with van der Waals surface area (Å²) in [5.41, 5.74) is -8.97. The molecule has 1 atom stereocenters. The van der Waals surface area contributed by atoms with Gasteiger partial charge in [-0.3, -0.25) is 9.59 Å². The van der Waals surface area contributed by atoms with Crippen LogP contribution in [0.15, 0.2) is 18.2 Å². The molecule has 1 aliphatic rings. The molecule has 1 fully saturated rings. The number of amides is 2. The third-order valence-electron chi connectivity index (χ3n) is 6.20. The van der Waals surface area contributed by atoms with Crippen LogP contribution in [-0.4, -0.2) is 74.9 Å². The number of carbonyl (C=O) groups excluding carboxylic acids is 2. The second kappa shape index (κ2) is 10.2. The van der Waals surface area contributed by atoms with Gasteiger partial charge in [-0.25, -0.2) is 13.8 Å². The van der Waals surface area contributed by atoms with Crippen molar-refractivity contribution in [1.82, 2.24) is 15.2 Å². The van der Waals surface area contributed by atoms with Crippen LogP contribution in [-0.2, 0) is 5.60 Å². The van der Waals surface area contributed by atoms with E-state index in [4.69, 9.17) is 0 Å². The zero-order valence-electron chi connectivity index (χ0n) is 21.5. The number of aliphatic hydroxyl groups is 2. The SMILES string of the molecule is Cc1cc(C(O)(C(F)(F)F)C(F)(F)F)ccc1-c1sc(C(=O)NCC(C)(C)O)nc1C(=O)N1CC(F)(F)C[C@@H]1C. The van der Waals surface area contributed by atoms with Gasteiger partial charge in [-0.05, 0) is 38.8 Å². The fourth-order valence-electron chi connectivity index (χ4n) is 4.17. The molecule has 0 bridgehead atoms. The maximum Gasteiger partial charge on any atom is 0.430 e. The molecule has 0 radical (unpaired) electrons. The molecule has 40 heavy (non-hydrogen) atoms. The summed E-state index contributed by atoms with van der Waals surface area (Å²) >= 11 is 0.551. The lowest BCUT2D eigenvalue weighted by atomic mass is 9.89. The predicted molar refractivity (Wildman–Crippen MR) is 127 cm³/mol. The van der Waals surface area contributed by atoms with E-state index in [9.17, 15) is 54.9 Å². The molecule has 3 rings (SSSR count). The number of benzene rings is 1. The molecular weight excluding hydrogens is 578 g/mol. The van der Waals surface area contributed by atoms with Crippen LogP contribution in [0.25, 0.3) is 10.4 Å². The van der Waals surface area contributed by atoms with Gasteiger partial charge in [0.1, 0.15) is 5.69 Å². The lowest BCUT2D eigenvalue weighted by Gasteiger charge is -2.33. The normalized spacial score (nSPS) is 18.2. The molecule has 2 aromatic rings. The highest BCUT2D eigenvalue weighted by Gasteiger charge is 2.71. The van der Waals surface area contributed by atoms with E-state index in [0.29, 0.717) is 23.5 Å². The molecule has 1 aromatic heterocycles. The molecule has 0 saturated carbocycles. The Morgan fingerprint density at radius 2 is 1.70 bits per heavy atom. The van der Waals surface area contributed by atoms with Gasteiger partial charge in [-0.15, -0.1) is 11.3 Å². The smallest absolute Gasteiger partial charge is 0.389 e. The van der Waals surface area contributed by atoms with E-state index in [2.05, 4.69) is 10.3 Å². The summed E-state index contributed by atoms with van der Waals surface area (Å²) in [6, 6.07) is 0.655. The lowest BCUT2D eigenvalue weighted by Crippen LogP contribution is -2.53. The average molecular weight is 604 g/mol. The number of likely N-dealkylation sites (tertiary alicyclic amines) is 1. The third-order valence-corrected chi connectivity index (χ3v) is 7.29. The Bertz CT molecular complexity index is 1290. The predicted octanol–water partition coefficient (Wildman–Crippen LogP) is 4.80. The summed E-state index contributed by atoms with van der Waals surface area (Å²) in [5, 5.41) is 21.6. The minimum atomic E-state index is -6.13. The van der Waals surface area contributed by atoms with E-state index in [0.717, 1.165) is 17.9 Å². The van der Waals surface area contributed by atoms with Gasteiger partial charge < -0.3 is 20.4 Å². The van der Waals surface area contributed by atoms with Crippen LogP contribution >= 0.6 is 11.3 Å². The number of nitrogens with zero attached hydrogens (tertiary/aromatic N) is 2. The van der Waals surface area contributed by atoms with Crippen LogP contribution in [0.5, 0.6) is 0 Å². The highest BCUT2D eigenvalue weighted by Crippen LogP contribution is 2.50. The maximum atomic E-state index is 14.0. The minimum absolute atomic E-state index is 0.114. The summed E-state index contributed by atoms with van der Waals surface area (Å²) in [4.78, 5) is 30.6. The number of carbonyl (C=O) groups is 2. The Hall–Kier alpha value is -2.85. The van der Waals surface area contributed by atoms with E-state index in [1.165, 1.54) is 20.8 Å². The van der Waals surface area contributed by atoms with E-state index >= 15 is 0 Å². The zero-order valence-corrected chi connectivity index (χ0v) is 22.3. The fourth-order valence-corrected chi connectivity index (χ4v) is 5.23. The van der Waals surface area contributed by atoms with Gasteiger partial charge in [0.15, 0.2) is 5.01 Å². The van der Waals surface area contributed by atoms with Gasteiger partial charge in [0.05, 0.1) is 17.0 Å². The Balaban J connectivity index is 2.14. The highest BCUT2D eigenvalue weighted by atomic mass is 32.1. The number of hydrogen-bond acceptors (Lipinski definition) is 6. The minimum Gasteiger partial charge on any atom is -0.389 e. The van der Waals surface area contributed by atoms with Crippen molar-refractivity contribution in [2.24, 2.45) is 0 Å². The summed E-state index contributed by atoms with van der Waals surface area (Å²) in [6.07, 6.45) is -12.9. The van der Waals surface area contributed by atoms with Crippen molar-refractivity contribution in [3.8, 4) is 10.4 Å². The molecular formula is C24H25F8N3O4S. The number of hydrogen-bond donors (Lipinski definition) is 3. The fraction of sp³-hybridized carbons (Fsp3) is 0.542. The largest absolute Gasteiger partial charge is 0.430 e. The number of aryl methyl sites for hydroxylation is 1. The number of aromatic nitrogens is 1. The van der Waals surface area contributed by atoms with Crippen molar-refractivity contribution >= 4 is 23.2 Å². The van der Waals surface area contributed by atoms with Crippen LogP contribution in [0.4, 0.5) is 35.1 Å². The first-order valence-corrected chi connectivity index (χ1v) is 12.5. The van der Waals surface area contributed by atoms with Crippen molar-refractivity contribution < 1.29 is 54.9 Å². The van der Waals surface area contributed by atoms with Gasteiger partial charge in [0.25, 0.3) is 23.3 Å². The van der Waals surface area contributed by atoms with Crippen LogP contribution in [0, 0.1) is 6.92 Å². The van der Waals surface area contributed by atoms with Crippen molar-refractivity contribution in [3.63, 3.8) is 0 Å². The van der Waals surface area contributed by atoms with Gasteiger partial charge in [0, 0.05) is 24.6 Å². The van der Waals surface area contributed by atoms with Crippen molar-refractivity contribution in [2.75, 3.05) is 13.1 Å². The monoisotopic (exact) mass is 603 g/mol. The summed E-state index contributed by atoms with van der Waals surface area (Å²) in [5.74, 6) is -5.11. The molecule has 0 aliphatic carbocycles. The highest BCUT2D eigenvalue weighted by molar-refractivity contribution is 7.17. The molecule has 2 heterocycles. The first-order valence-electron chi connectivity index (χ1n) is 11.7. The molecule has 16 heteroatoms. The number of thiazole rings is 1. The van der Waals surface area contributed by atoms with Crippen LogP contribution in [0.2, 0.25) is 0 Å². The second-order valence-corrected chi connectivity index (χ2v) is 11.3. The number of rotatable bonds is 6. The molecule has 2 amide bonds. The van der Waals surface area contributed by atoms with Crippen molar-refractivity contribution in [3.05, 3.63) is 40.0 Å². The topological polar surface area (TPSA) is 103 Å². The van der Waals surface area contributed by atoms with E-state index in [-0.39, 0.29) is 27.6 Å². The Morgan fingerprint density at radius 3 is 2.15 bits per heavy atom. The second-order valence-electron chi connectivity index (χ2n) is 10.3. The first-order chi connectivity index (χ1) is 18.0. The summed E-state index contributed by atoms with van der Waals surface area (Å²) in [7, 11) is 0. The molecule has 0 spiro atoms. The van der Waals surface area contributed by atoms with E-state index < -0.39 is 71.6 Å². The standard InChI is InChI=1S/C24H25F8N3O4S/c1-11-7-13(22(39,23(27,28)29)24(30,31)32)5-6-14(11)16-15(19(37)35-10-21(25,26)8-12(35)2)34-18(40-16)17(36)33-9-20(3,4)38/h5-7,12,38-39H,8-10H2,1-4H3,(H,33,36)/t12-/m0/s1. The van der Waals surface area contributed by atoms with Crippen molar-refractivity contribution in [1.29, 1.82) is 0 Å². The summed E-state index contributed by atoms with van der Waals surface area (Å²) < 4.78 is 108. The quantitative estimate of drug-likeness (QED) is 0.412. The molecule has 3 N–H and O–H groups in total. The maximum absolute atomic E-state index is 14.0. The Kier molecular flexibility index (Phi) is 8.08. The van der Waals surface area contributed by atoms with Crippen LogP contribution in [0.1, 0.15) is 58.6 Å². The molecule has 1 aromatic carbocycles. The van der Waals surface area contributed by atoms with Gasteiger partial charge >= 0.3 is 12.4 Å². The lowest BCUT2D eigenvalue weighted by molar-refractivity contribution is -0.376. The molecule has 1 aliphatic heterocycles. The van der Waals surface area contributed by atoms with Gasteiger partial charge in [-0.2, -0.15) is 26.3 Å². The number of halogens is 8.